The number of carbonyl (C=O) groups is 3. The first kappa shape index (κ1) is 44.9. The van der Waals surface area contributed by atoms with Crippen LogP contribution >= 0.6 is 0 Å². The van der Waals surface area contributed by atoms with Gasteiger partial charge >= 0.3 is 11.9 Å². The normalized spacial score (nSPS) is 12.2. The molecule has 6 nitrogen and oxygen atoms in total. The minimum atomic E-state index is -1.03. The topological polar surface area (TPSA) is 92.7 Å². The monoisotopic (exact) mass is 662 g/mol. The Balaban J connectivity index is 4.12. The molecule has 0 bridgehead atoms. The van der Waals surface area contributed by atoms with E-state index in [0.29, 0.717) is 12.8 Å². The van der Waals surface area contributed by atoms with E-state index in [0.717, 1.165) is 51.4 Å². The van der Waals surface area contributed by atoms with Crippen LogP contribution in [0.4, 0.5) is 0 Å². The number of esters is 1. The van der Waals surface area contributed by atoms with E-state index < -0.39 is 5.97 Å². The van der Waals surface area contributed by atoms with Gasteiger partial charge in [0.15, 0.2) is 0 Å². The average Bonchev–Trinajstić information content (AvgIpc) is 3.05. The summed E-state index contributed by atoms with van der Waals surface area (Å²) in [6.07, 6.45) is 43.1. The molecule has 0 aliphatic rings. The molecule has 47 heavy (non-hydrogen) atoms. The first-order valence-corrected chi connectivity index (χ1v) is 20.0. The fourth-order valence-electron chi connectivity index (χ4n) is 5.83. The number of carboxylic acid groups (broad SMARTS) is 1. The predicted molar refractivity (Wildman–Crippen MR) is 199 cm³/mol. The van der Waals surface area contributed by atoms with Gasteiger partial charge in [-0.3, -0.25) is 14.4 Å². The maximum atomic E-state index is 12.6. The molecule has 0 radical (unpaired) electrons. The second-order valence-corrected chi connectivity index (χ2v) is 13.5. The first-order chi connectivity index (χ1) is 23.0. The average molecular weight is 662 g/mol. The number of aliphatic carboxylic acids is 1. The lowest BCUT2D eigenvalue weighted by molar-refractivity contribution is -0.147. The summed E-state index contributed by atoms with van der Waals surface area (Å²) in [5.41, 5.74) is 0. The molecule has 6 heteroatoms. The molecule has 0 aliphatic carbocycles. The van der Waals surface area contributed by atoms with E-state index in [2.05, 4.69) is 43.5 Å². The van der Waals surface area contributed by atoms with E-state index in [1.807, 2.05) is 0 Å². The molecular formula is C41H75NO5. The lowest BCUT2D eigenvalue weighted by Gasteiger charge is -2.15. The van der Waals surface area contributed by atoms with E-state index >= 15 is 0 Å². The maximum absolute atomic E-state index is 12.6. The summed E-state index contributed by atoms with van der Waals surface area (Å²) < 4.78 is 5.90. The van der Waals surface area contributed by atoms with Gasteiger partial charge < -0.3 is 15.2 Å². The van der Waals surface area contributed by atoms with Crippen LogP contribution in [0.25, 0.3) is 0 Å². The van der Waals surface area contributed by atoms with Crippen molar-refractivity contribution in [2.75, 3.05) is 6.54 Å². The highest BCUT2D eigenvalue weighted by Gasteiger charge is 2.12. The quantitative estimate of drug-likeness (QED) is 0.0396. The van der Waals surface area contributed by atoms with Gasteiger partial charge in [0.25, 0.3) is 0 Å². The molecule has 0 saturated carbocycles. The molecule has 1 atom stereocenters. The number of hydrogen-bond donors (Lipinski definition) is 2. The fraction of sp³-hybridized carbons (Fsp3) is 0.829. The zero-order chi connectivity index (χ0) is 34.5. The van der Waals surface area contributed by atoms with E-state index in [1.54, 1.807) is 0 Å². The number of amides is 1. The van der Waals surface area contributed by atoms with Gasteiger partial charge in [-0.15, -0.1) is 0 Å². The molecular weight excluding hydrogens is 586 g/mol. The van der Waals surface area contributed by atoms with Gasteiger partial charge in [-0.25, -0.2) is 0 Å². The summed E-state index contributed by atoms with van der Waals surface area (Å²) >= 11 is 0. The van der Waals surface area contributed by atoms with Crippen LogP contribution in [-0.4, -0.2) is 35.6 Å². The Morgan fingerprint density at radius 2 is 0.979 bits per heavy atom. The van der Waals surface area contributed by atoms with Gasteiger partial charge in [0.05, 0.1) is 0 Å². The highest BCUT2D eigenvalue weighted by atomic mass is 16.5. The van der Waals surface area contributed by atoms with Crippen molar-refractivity contribution in [3.63, 3.8) is 0 Å². The minimum absolute atomic E-state index is 0.0848. The molecule has 0 fully saturated rings. The van der Waals surface area contributed by atoms with Crippen molar-refractivity contribution >= 4 is 17.8 Å². The van der Waals surface area contributed by atoms with Crippen molar-refractivity contribution in [1.82, 2.24) is 5.32 Å². The number of carbonyl (C=O) groups excluding carboxylic acids is 2. The molecule has 0 saturated heterocycles. The van der Waals surface area contributed by atoms with Gasteiger partial charge in [-0.05, 0) is 70.3 Å². The fourth-order valence-corrected chi connectivity index (χ4v) is 5.83. The van der Waals surface area contributed by atoms with Crippen molar-refractivity contribution < 1.29 is 24.2 Å². The van der Waals surface area contributed by atoms with Crippen LogP contribution < -0.4 is 5.32 Å². The van der Waals surface area contributed by atoms with Gasteiger partial charge in [0, 0.05) is 12.8 Å². The third kappa shape index (κ3) is 36.6. The number of ether oxygens (including phenoxy) is 1. The van der Waals surface area contributed by atoms with Crippen molar-refractivity contribution in [3.05, 3.63) is 24.3 Å². The molecule has 0 aliphatic heterocycles. The summed E-state index contributed by atoms with van der Waals surface area (Å²) in [4.78, 5) is 34.9. The van der Waals surface area contributed by atoms with Gasteiger partial charge in [0.2, 0.25) is 5.91 Å². The van der Waals surface area contributed by atoms with E-state index in [-0.39, 0.29) is 24.5 Å². The van der Waals surface area contributed by atoms with Crippen LogP contribution in [0.1, 0.15) is 206 Å². The van der Waals surface area contributed by atoms with Gasteiger partial charge in [0.1, 0.15) is 12.6 Å². The SMILES string of the molecule is CCCCCCCC/C=C\CCCCCCCCCC(=O)OC(/C=C\CCCCCCCCC)CCCCCCC(=O)NCC(=O)O. The molecule has 2 N–H and O–H groups in total. The highest BCUT2D eigenvalue weighted by molar-refractivity contribution is 5.80. The summed E-state index contributed by atoms with van der Waals surface area (Å²) in [6.45, 7) is 4.19. The molecule has 1 unspecified atom stereocenters. The lowest BCUT2D eigenvalue weighted by atomic mass is 10.1. The largest absolute Gasteiger partial charge is 0.480 e. The standard InChI is InChI=1S/C41H75NO5/c1-3-5-7-9-11-13-14-15-16-17-18-19-20-22-24-26-32-36-41(46)47-38(33-29-25-23-21-12-10-8-6-4-2)34-30-27-28-31-35-39(43)42-37-40(44)45/h15-16,29,33,38H,3-14,17-28,30-32,34-37H2,1-2H3,(H,42,43)(H,44,45)/b16-15-,33-29-. The van der Waals surface area contributed by atoms with E-state index in [9.17, 15) is 14.4 Å². The summed E-state index contributed by atoms with van der Waals surface area (Å²) in [5, 5.41) is 11.1. The molecule has 0 heterocycles. The summed E-state index contributed by atoms with van der Waals surface area (Å²) in [6, 6.07) is 0. The number of unbranched alkanes of at least 4 members (excludes halogenated alkanes) is 23. The third-order valence-corrected chi connectivity index (χ3v) is 8.83. The van der Waals surface area contributed by atoms with Gasteiger partial charge in [-0.2, -0.15) is 0 Å². The summed E-state index contributed by atoms with van der Waals surface area (Å²) in [5.74, 6) is -1.32. The number of carboxylic acids is 1. The van der Waals surface area contributed by atoms with E-state index in [1.165, 1.54) is 128 Å². The second kappa shape index (κ2) is 36.7. The smallest absolute Gasteiger partial charge is 0.322 e. The van der Waals surface area contributed by atoms with Crippen LogP contribution in [0.5, 0.6) is 0 Å². The maximum Gasteiger partial charge on any atom is 0.322 e. The van der Waals surface area contributed by atoms with Crippen molar-refractivity contribution in [2.24, 2.45) is 0 Å². The van der Waals surface area contributed by atoms with Crippen LogP contribution in [0.15, 0.2) is 24.3 Å². The minimum Gasteiger partial charge on any atom is -0.480 e. The Kier molecular flexibility index (Phi) is 35.1. The third-order valence-electron chi connectivity index (χ3n) is 8.83. The van der Waals surface area contributed by atoms with Crippen LogP contribution in [0.3, 0.4) is 0 Å². The number of hydrogen-bond acceptors (Lipinski definition) is 4. The Labute approximate surface area is 290 Å². The zero-order valence-corrected chi connectivity index (χ0v) is 30.9. The number of nitrogens with one attached hydrogen (secondary N) is 1. The molecule has 0 spiro atoms. The van der Waals surface area contributed by atoms with Crippen LogP contribution in [0, 0.1) is 0 Å². The lowest BCUT2D eigenvalue weighted by Crippen LogP contribution is -2.28. The van der Waals surface area contributed by atoms with Crippen molar-refractivity contribution in [2.45, 2.75) is 213 Å². The Bertz CT molecular complexity index is 778. The molecule has 0 aromatic carbocycles. The Morgan fingerprint density at radius 3 is 1.49 bits per heavy atom. The Morgan fingerprint density at radius 1 is 0.553 bits per heavy atom. The molecule has 1 amide bonds. The van der Waals surface area contributed by atoms with Gasteiger partial charge in [-0.1, -0.05) is 148 Å². The Hall–Kier alpha value is -2.11. The molecule has 0 aromatic heterocycles. The molecule has 274 valence electrons. The number of allylic oxidation sites excluding steroid dienone is 3. The zero-order valence-electron chi connectivity index (χ0n) is 30.9. The first-order valence-electron chi connectivity index (χ1n) is 20.0. The van der Waals surface area contributed by atoms with Crippen LogP contribution in [-0.2, 0) is 19.1 Å². The van der Waals surface area contributed by atoms with Crippen molar-refractivity contribution in [3.8, 4) is 0 Å². The predicted octanol–water partition coefficient (Wildman–Crippen LogP) is 12.0. The second-order valence-electron chi connectivity index (χ2n) is 13.5. The summed E-state index contributed by atoms with van der Waals surface area (Å²) in [7, 11) is 0. The molecule has 0 aromatic rings. The molecule has 0 rings (SSSR count). The van der Waals surface area contributed by atoms with Crippen LogP contribution in [0.2, 0.25) is 0 Å². The van der Waals surface area contributed by atoms with Crippen molar-refractivity contribution in [1.29, 1.82) is 0 Å². The highest BCUT2D eigenvalue weighted by Crippen LogP contribution is 2.16. The number of rotatable bonds is 36. The van der Waals surface area contributed by atoms with E-state index in [4.69, 9.17) is 9.84 Å².